The number of aromatic hydroxyl groups is 2. The Bertz CT molecular complexity index is 912. The molecule has 0 bridgehead atoms. The molecule has 4 N–H and O–H groups in total. The lowest BCUT2D eigenvalue weighted by Gasteiger charge is -2.08. The summed E-state index contributed by atoms with van der Waals surface area (Å²) >= 11 is 0. The van der Waals surface area contributed by atoms with Gasteiger partial charge in [-0.3, -0.25) is 9.11 Å². The highest BCUT2D eigenvalue weighted by Crippen LogP contribution is 2.39. The van der Waals surface area contributed by atoms with Gasteiger partial charge in [0.15, 0.2) is 11.5 Å². The third kappa shape index (κ3) is 2.41. The molecule has 0 radical (unpaired) electrons. The van der Waals surface area contributed by atoms with Crippen LogP contribution in [0.5, 0.6) is 11.5 Å². The third-order valence-corrected chi connectivity index (χ3v) is 4.31. The molecule has 8 nitrogen and oxygen atoms in total. The highest BCUT2D eigenvalue weighted by atomic mass is 32.2. The van der Waals surface area contributed by atoms with Gasteiger partial charge >= 0.3 is 0 Å². The Morgan fingerprint density at radius 2 is 1.40 bits per heavy atom. The van der Waals surface area contributed by atoms with E-state index in [2.05, 4.69) is 0 Å². The first kappa shape index (κ1) is 14.5. The van der Waals surface area contributed by atoms with E-state index in [4.69, 9.17) is 9.11 Å². The van der Waals surface area contributed by atoms with Crippen molar-refractivity contribution < 1.29 is 36.2 Å². The van der Waals surface area contributed by atoms with E-state index in [9.17, 15) is 27.0 Å². The molecule has 0 aliphatic carbocycles. The van der Waals surface area contributed by atoms with Crippen LogP contribution in [0.4, 0.5) is 0 Å². The molecule has 0 heterocycles. The fraction of sp³-hybridized carbons (Fsp3) is 0. The summed E-state index contributed by atoms with van der Waals surface area (Å²) in [5, 5.41) is 19.0. The third-order valence-electron chi connectivity index (χ3n) is 2.60. The fourth-order valence-corrected chi connectivity index (χ4v) is 2.82. The lowest BCUT2D eigenvalue weighted by Crippen LogP contribution is -2.00. The zero-order chi connectivity index (χ0) is 15.3. The number of benzene rings is 2. The van der Waals surface area contributed by atoms with Gasteiger partial charge in [0.05, 0.1) is 4.90 Å². The van der Waals surface area contributed by atoms with Gasteiger partial charge in [0, 0.05) is 5.39 Å². The highest BCUT2D eigenvalue weighted by molar-refractivity contribution is 7.86. The van der Waals surface area contributed by atoms with Crippen molar-refractivity contribution in [3.05, 3.63) is 24.3 Å². The maximum Gasteiger partial charge on any atom is 0.298 e. The number of hydrogen-bond acceptors (Lipinski definition) is 6. The standard InChI is InChI=1S/C10H8O8S2/c11-9-7-2-1-6(19(13,14)15)3-5(7)4-8(10(9)12)20(16,17)18/h1-4,11-12H,(H,13,14,15)(H,16,17,18). The predicted octanol–water partition coefficient (Wildman–Crippen LogP) is 0.744. The zero-order valence-corrected chi connectivity index (χ0v) is 11.2. The predicted molar refractivity (Wildman–Crippen MR) is 66.9 cm³/mol. The zero-order valence-electron chi connectivity index (χ0n) is 9.55. The molecule has 0 fully saturated rings. The molecule has 0 saturated carbocycles. The molecule has 0 saturated heterocycles. The molecule has 108 valence electrons. The van der Waals surface area contributed by atoms with Gasteiger partial charge in [-0.05, 0) is 29.7 Å². The quantitative estimate of drug-likeness (QED) is 0.467. The van der Waals surface area contributed by atoms with Crippen molar-refractivity contribution in [2.75, 3.05) is 0 Å². The Hall–Kier alpha value is -1.88. The summed E-state index contributed by atoms with van der Waals surface area (Å²) in [4.78, 5) is -1.51. The van der Waals surface area contributed by atoms with Gasteiger partial charge in [-0.1, -0.05) is 0 Å². The summed E-state index contributed by atoms with van der Waals surface area (Å²) in [7, 11) is -9.34. The summed E-state index contributed by atoms with van der Waals surface area (Å²) < 4.78 is 61.9. The maximum absolute atomic E-state index is 11.0. The van der Waals surface area contributed by atoms with E-state index in [-0.39, 0.29) is 10.8 Å². The molecule has 0 aliphatic rings. The van der Waals surface area contributed by atoms with Gasteiger partial charge in [-0.15, -0.1) is 0 Å². The van der Waals surface area contributed by atoms with Crippen molar-refractivity contribution in [1.82, 2.24) is 0 Å². The maximum atomic E-state index is 11.0. The molecule has 0 atom stereocenters. The van der Waals surface area contributed by atoms with Crippen LogP contribution in [0.1, 0.15) is 0 Å². The Labute approximate surface area is 113 Å². The van der Waals surface area contributed by atoms with Crippen LogP contribution < -0.4 is 0 Å². The molecule has 0 aliphatic heterocycles. The first-order chi connectivity index (χ1) is 9.01. The van der Waals surface area contributed by atoms with E-state index in [1.54, 1.807) is 0 Å². The van der Waals surface area contributed by atoms with Crippen LogP contribution in [-0.4, -0.2) is 36.2 Å². The second-order valence-electron chi connectivity index (χ2n) is 3.90. The topological polar surface area (TPSA) is 149 Å². The molecule has 2 rings (SSSR count). The smallest absolute Gasteiger partial charge is 0.298 e. The Morgan fingerprint density at radius 3 is 1.90 bits per heavy atom. The van der Waals surface area contributed by atoms with Crippen LogP contribution in [-0.2, 0) is 20.2 Å². The van der Waals surface area contributed by atoms with Crippen LogP contribution in [0.25, 0.3) is 10.8 Å². The van der Waals surface area contributed by atoms with Crippen molar-refractivity contribution in [1.29, 1.82) is 0 Å². The van der Waals surface area contributed by atoms with Gasteiger partial charge in [-0.2, -0.15) is 16.8 Å². The van der Waals surface area contributed by atoms with Crippen molar-refractivity contribution >= 4 is 31.0 Å². The Morgan fingerprint density at radius 1 is 0.800 bits per heavy atom. The minimum absolute atomic E-state index is 0.0534. The lowest BCUT2D eigenvalue weighted by molar-refractivity contribution is 0.393. The molecule has 0 amide bonds. The van der Waals surface area contributed by atoms with Crippen molar-refractivity contribution in [3.8, 4) is 11.5 Å². The number of fused-ring (bicyclic) bond motifs is 1. The van der Waals surface area contributed by atoms with Crippen LogP contribution in [0, 0.1) is 0 Å². The molecular formula is C10H8O8S2. The van der Waals surface area contributed by atoms with Crippen molar-refractivity contribution in [2.24, 2.45) is 0 Å². The van der Waals surface area contributed by atoms with E-state index >= 15 is 0 Å². The average Bonchev–Trinajstić information content (AvgIpc) is 2.30. The summed E-state index contributed by atoms with van der Waals surface area (Å²) in [6.45, 7) is 0. The number of rotatable bonds is 2. The molecule has 10 heteroatoms. The molecular weight excluding hydrogens is 312 g/mol. The number of hydrogen-bond donors (Lipinski definition) is 4. The summed E-state index contributed by atoms with van der Waals surface area (Å²) in [6.07, 6.45) is 0. The van der Waals surface area contributed by atoms with Crippen LogP contribution in [0.15, 0.2) is 34.1 Å². The second kappa shape index (κ2) is 4.31. The SMILES string of the molecule is O=S(=O)(O)c1ccc2c(O)c(O)c(S(=O)(=O)O)cc2c1. The Balaban J connectivity index is 2.94. The van der Waals surface area contributed by atoms with Gasteiger partial charge in [0.1, 0.15) is 4.90 Å². The van der Waals surface area contributed by atoms with Crippen LogP contribution in [0.2, 0.25) is 0 Å². The van der Waals surface area contributed by atoms with Crippen LogP contribution in [0.3, 0.4) is 0 Å². The van der Waals surface area contributed by atoms with E-state index in [1.165, 1.54) is 0 Å². The minimum atomic E-state index is -4.82. The van der Waals surface area contributed by atoms with E-state index in [0.29, 0.717) is 0 Å². The lowest BCUT2D eigenvalue weighted by atomic mass is 10.1. The summed E-state index contributed by atoms with van der Waals surface area (Å²) in [6, 6.07) is 3.69. The highest BCUT2D eigenvalue weighted by Gasteiger charge is 2.22. The van der Waals surface area contributed by atoms with E-state index < -0.39 is 41.5 Å². The molecule has 2 aromatic carbocycles. The number of phenols is 2. The monoisotopic (exact) mass is 320 g/mol. The normalized spacial score (nSPS) is 12.7. The first-order valence-electron chi connectivity index (χ1n) is 4.95. The van der Waals surface area contributed by atoms with Gasteiger partial charge in [0.2, 0.25) is 0 Å². The molecule has 2 aromatic rings. The molecule has 20 heavy (non-hydrogen) atoms. The van der Waals surface area contributed by atoms with E-state index in [0.717, 1.165) is 24.3 Å². The number of phenolic OH excluding ortho intramolecular Hbond substituents is 2. The minimum Gasteiger partial charge on any atom is -0.504 e. The van der Waals surface area contributed by atoms with Gasteiger partial charge < -0.3 is 10.2 Å². The summed E-state index contributed by atoms with van der Waals surface area (Å²) in [5.41, 5.74) is 0. The second-order valence-corrected chi connectivity index (χ2v) is 6.72. The van der Waals surface area contributed by atoms with E-state index in [1.807, 2.05) is 0 Å². The molecule has 0 aromatic heterocycles. The largest absolute Gasteiger partial charge is 0.504 e. The van der Waals surface area contributed by atoms with Crippen LogP contribution >= 0.6 is 0 Å². The van der Waals surface area contributed by atoms with Crippen molar-refractivity contribution in [3.63, 3.8) is 0 Å². The molecule has 0 spiro atoms. The van der Waals surface area contributed by atoms with Crippen molar-refractivity contribution in [2.45, 2.75) is 9.79 Å². The Kier molecular flexibility index (Phi) is 3.13. The molecule has 0 unspecified atom stereocenters. The average molecular weight is 320 g/mol. The van der Waals surface area contributed by atoms with Gasteiger partial charge in [-0.25, -0.2) is 0 Å². The fourth-order valence-electron chi connectivity index (χ4n) is 1.69. The summed E-state index contributed by atoms with van der Waals surface area (Å²) in [5.74, 6) is -1.89. The first-order valence-corrected chi connectivity index (χ1v) is 7.83. The van der Waals surface area contributed by atoms with Gasteiger partial charge in [0.25, 0.3) is 20.2 Å².